The quantitative estimate of drug-likeness (QED) is 0.163. The van der Waals surface area contributed by atoms with Crippen LogP contribution in [0.25, 0.3) is 60.7 Å². The Morgan fingerprint density at radius 2 is 0.924 bits per heavy atom. The van der Waals surface area contributed by atoms with Gasteiger partial charge in [-0.2, -0.15) is 0 Å². The summed E-state index contributed by atoms with van der Waals surface area (Å²) in [7, 11) is 0. The monoisotopic (exact) mass is 839 g/mol. The molecular weight excluding hydrogens is 803 g/mol. The van der Waals surface area contributed by atoms with Crippen molar-refractivity contribution in [2.75, 3.05) is 4.90 Å². The maximum atomic E-state index is 14.9. The van der Waals surface area contributed by atoms with Crippen LogP contribution in [-0.2, 0) is 10.8 Å². The van der Waals surface area contributed by atoms with Gasteiger partial charge in [0, 0.05) is 28.9 Å². The number of aromatic nitrogens is 2. The summed E-state index contributed by atoms with van der Waals surface area (Å²) in [6.07, 6.45) is 3.57. The number of rotatable bonds is 2. The van der Waals surface area contributed by atoms with Gasteiger partial charge in [-0.1, -0.05) is 170 Å². The van der Waals surface area contributed by atoms with Crippen LogP contribution in [0.4, 0.5) is 17.1 Å². The number of benzene rings is 9. The molecule has 0 amide bonds. The molecule has 11 aromatic rings. The maximum absolute atomic E-state index is 14.9. The van der Waals surface area contributed by atoms with Gasteiger partial charge in [-0.3, -0.25) is 14.3 Å². The summed E-state index contributed by atoms with van der Waals surface area (Å²) in [5.41, 5.74) is 20.9. The highest BCUT2D eigenvalue weighted by atomic mass is 16.1. The van der Waals surface area contributed by atoms with Crippen LogP contribution in [0.5, 0.6) is 0 Å². The van der Waals surface area contributed by atoms with Crippen LogP contribution in [0.2, 0.25) is 0 Å². The van der Waals surface area contributed by atoms with E-state index in [-0.39, 0.29) is 5.56 Å². The first-order valence-corrected chi connectivity index (χ1v) is 22.7. The lowest BCUT2D eigenvalue weighted by atomic mass is 9.60. The largest absolute Gasteiger partial charge is 0.310 e. The standard InChI is InChI=1S/C62H37N3O/c66-60-46-33-34-63-37-47(46)45-20-14-26-53-59(45)65(60)57-28-13-11-25-52(57)62(53)51-24-10-12-27-56(51)64(58-32-29-39(35-55(58)62)38-15-2-1-3-16-38)40-30-31-44-43-19-6-9-23-50(43)61(54(44)36-40)48-21-7-4-17-41(48)42-18-5-8-22-49(42)61/h1-37H. The Balaban J connectivity index is 1.07. The minimum atomic E-state index is -0.816. The van der Waals surface area contributed by atoms with Crippen molar-refractivity contribution in [3.8, 4) is 39.1 Å². The van der Waals surface area contributed by atoms with Gasteiger partial charge in [-0.15, -0.1) is 0 Å². The third kappa shape index (κ3) is 4.21. The van der Waals surface area contributed by atoms with Gasteiger partial charge in [0.15, 0.2) is 0 Å². The Morgan fingerprint density at radius 1 is 0.364 bits per heavy atom. The number of pyridine rings is 2. The molecule has 4 heterocycles. The summed E-state index contributed by atoms with van der Waals surface area (Å²) < 4.78 is 1.97. The van der Waals surface area contributed by atoms with Crippen LogP contribution in [-0.4, -0.2) is 9.55 Å². The second-order valence-electron chi connectivity index (χ2n) is 18.1. The molecule has 66 heavy (non-hydrogen) atoms. The van der Waals surface area contributed by atoms with Gasteiger partial charge in [0.25, 0.3) is 5.56 Å². The zero-order chi connectivity index (χ0) is 43.3. The summed E-state index contributed by atoms with van der Waals surface area (Å²) in [5, 5.41) is 2.52. The third-order valence-corrected chi connectivity index (χ3v) is 15.3. The molecule has 0 saturated heterocycles. The van der Waals surface area contributed by atoms with Gasteiger partial charge in [0.05, 0.1) is 38.8 Å². The summed E-state index contributed by atoms with van der Waals surface area (Å²) in [4.78, 5) is 22.0. The second-order valence-corrected chi connectivity index (χ2v) is 18.1. The molecule has 0 saturated carbocycles. The number of fused-ring (bicyclic) bond motifs is 20. The van der Waals surface area contributed by atoms with Crippen LogP contribution in [0, 0.1) is 0 Å². The molecular formula is C62H37N3O. The molecule has 15 rings (SSSR count). The Bertz CT molecular complexity index is 3930. The number of nitrogens with zero attached hydrogens (tertiary/aromatic N) is 3. The van der Waals surface area contributed by atoms with Crippen LogP contribution in [0.3, 0.4) is 0 Å². The molecule has 9 aromatic carbocycles. The normalized spacial score (nSPS) is 16.1. The summed E-state index contributed by atoms with van der Waals surface area (Å²) in [6, 6.07) is 77.9. The third-order valence-electron chi connectivity index (χ3n) is 15.3. The molecule has 0 N–H and O–H groups in total. The lowest BCUT2D eigenvalue weighted by Gasteiger charge is -2.49. The fraction of sp³-hybridized carbons (Fsp3) is 0.0323. The first-order valence-electron chi connectivity index (χ1n) is 22.7. The lowest BCUT2D eigenvalue weighted by molar-refractivity contribution is 0.709. The zero-order valence-corrected chi connectivity index (χ0v) is 35.6. The van der Waals surface area contributed by atoms with E-state index < -0.39 is 10.8 Å². The van der Waals surface area contributed by atoms with Gasteiger partial charge in [-0.25, -0.2) is 0 Å². The van der Waals surface area contributed by atoms with E-state index in [2.05, 4.69) is 216 Å². The summed E-state index contributed by atoms with van der Waals surface area (Å²) in [6.45, 7) is 0. The highest BCUT2D eigenvalue weighted by Crippen LogP contribution is 2.65. The van der Waals surface area contributed by atoms with Crippen molar-refractivity contribution in [1.29, 1.82) is 0 Å². The lowest BCUT2D eigenvalue weighted by Crippen LogP contribution is -2.42. The molecule has 306 valence electrons. The van der Waals surface area contributed by atoms with Crippen LogP contribution < -0.4 is 10.5 Å². The molecule has 0 radical (unpaired) electrons. The predicted molar refractivity (Wildman–Crippen MR) is 267 cm³/mol. The minimum Gasteiger partial charge on any atom is -0.310 e. The smallest absolute Gasteiger partial charge is 0.263 e. The fourth-order valence-corrected chi connectivity index (χ4v) is 12.9. The SMILES string of the molecule is O=c1c2ccncc2c2cccc3c2n1-c1ccccc1C31c2ccccc2N(c2ccc3c(c2)C2(c4ccccc4-c4ccccc42)c2ccccc2-3)c2ccc(-c3ccccc3)cc21. The van der Waals surface area contributed by atoms with Crippen LogP contribution in [0.15, 0.2) is 230 Å². The highest BCUT2D eigenvalue weighted by molar-refractivity contribution is 6.09. The second kappa shape index (κ2) is 12.8. The van der Waals surface area contributed by atoms with Gasteiger partial charge in [0.1, 0.15) is 0 Å². The molecule has 4 nitrogen and oxygen atoms in total. The first kappa shape index (κ1) is 35.8. The average Bonchev–Trinajstić information content (AvgIpc) is 3.85. The van der Waals surface area contributed by atoms with E-state index in [1.54, 1.807) is 6.20 Å². The van der Waals surface area contributed by atoms with Crippen LogP contribution in [0.1, 0.15) is 44.5 Å². The molecule has 4 heteroatoms. The van der Waals surface area contributed by atoms with Crippen molar-refractivity contribution in [3.05, 3.63) is 280 Å². The fourth-order valence-electron chi connectivity index (χ4n) is 12.9. The molecule has 0 bridgehead atoms. The molecule has 2 aromatic heterocycles. The Morgan fingerprint density at radius 3 is 1.64 bits per heavy atom. The van der Waals surface area contributed by atoms with E-state index in [0.717, 1.165) is 72.4 Å². The zero-order valence-electron chi connectivity index (χ0n) is 35.6. The molecule has 1 unspecified atom stereocenters. The highest BCUT2D eigenvalue weighted by Gasteiger charge is 2.54. The van der Waals surface area contributed by atoms with E-state index in [1.165, 1.54) is 44.5 Å². The maximum Gasteiger partial charge on any atom is 0.263 e. The predicted octanol–water partition coefficient (Wildman–Crippen LogP) is 14.0. The average molecular weight is 840 g/mol. The molecule has 2 aliphatic heterocycles. The van der Waals surface area contributed by atoms with Crippen LogP contribution >= 0.6 is 0 Å². The van der Waals surface area contributed by atoms with Crippen molar-refractivity contribution in [1.82, 2.24) is 9.55 Å². The van der Waals surface area contributed by atoms with Crippen molar-refractivity contribution in [2.24, 2.45) is 0 Å². The van der Waals surface area contributed by atoms with E-state index in [1.807, 2.05) is 16.8 Å². The van der Waals surface area contributed by atoms with Crippen molar-refractivity contribution in [2.45, 2.75) is 10.8 Å². The molecule has 0 fully saturated rings. The van der Waals surface area contributed by atoms with E-state index in [4.69, 9.17) is 0 Å². The molecule has 2 spiro atoms. The first-order chi connectivity index (χ1) is 32.7. The molecule has 2 aliphatic carbocycles. The minimum absolute atomic E-state index is 0.0400. The van der Waals surface area contributed by atoms with Gasteiger partial charge < -0.3 is 4.90 Å². The summed E-state index contributed by atoms with van der Waals surface area (Å²) >= 11 is 0. The number of anilines is 3. The van der Waals surface area contributed by atoms with Gasteiger partial charge in [-0.05, 0) is 120 Å². The van der Waals surface area contributed by atoms with E-state index in [0.29, 0.717) is 5.39 Å². The summed E-state index contributed by atoms with van der Waals surface area (Å²) in [5.74, 6) is 0. The molecule has 4 aliphatic rings. The topological polar surface area (TPSA) is 38.1 Å². The Hall–Kier alpha value is -8.60. The van der Waals surface area contributed by atoms with Gasteiger partial charge in [0.2, 0.25) is 0 Å². The van der Waals surface area contributed by atoms with Gasteiger partial charge >= 0.3 is 0 Å². The van der Waals surface area contributed by atoms with Crippen molar-refractivity contribution >= 4 is 38.7 Å². The number of hydrogen-bond donors (Lipinski definition) is 0. The Kier molecular flexibility index (Phi) is 6.93. The van der Waals surface area contributed by atoms with E-state index >= 15 is 0 Å². The van der Waals surface area contributed by atoms with Crippen molar-refractivity contribution in [3.63, 3.8) is 0 Å². The van der Waals surface area contributed by atoms with E-state index in [9.17, 15) is 4.79 Å². The number of hydrogen-bond acceptors (Lipinski definition) is 3. The Labute approximate surface area is 381 Å². The molecule has 1 atom stereocenters. The number of para-hydroxylation sites is 3. The van der Waals surface area contributed by atoms with Crippen molar-refractivity contribution < 1.29 is 0 Å².